The molecule has 3 aromatic carbocycles. The van der Waals surface area contributed by atoms with Gasteiger partial charge in [-0.15, -0.1) is 0 Å². The smallest absolute Gasteiger partial charge is 0.271 e. The molecule has 0 fully saturated rings. The summed E-state index contributed by atoms with van der Waals surface area (Å²) in [6.45, 7) is 10.8. The van der Waals surface area contributed by atoms with E-state index in [9.17, 15) is 9.59 Å². The second-order valence-electron chi connectivity index (χ2n) is 10.1. The van der Waals surface area contributed by atoms with Gasteiger partial charge in [-0.25, -0.2) is 4.99 Å². The molecule has 0 N–H and O–H groups in total. The number of thiazole rings is 1. The van der Waals surface area contributed by atoms with Gasteiger partial charge in [-0.1, -0.05) is 54.3 Å². The summed E-state index contributed by atoms with van der Waals surface area (Å²) in [7, 11) is 3.17. The predicted molar refractivity (Wildman–Crippen MR) is 179 cm³/mol. The van der Waals surface area contributed by atoms with Gasteiger partial charge >= 0.3 is 0 Å². The molecule has 0 saturated carbocycles. The molecule has 0 unspecified atom stereocenters. The molecule has 1 amide bonds. The molecule has 0 saturated heterocycles. The second kappa shape index (κ2) is 13.2. The topological polar surface area (TPSA) is 82.4 Å². The van der Waals surface area contributed by atoms with Crippen LogP contribution in [-0.2, 0) is 4.79 Å². The fourth-order valence-corrected chi connectivity index (χ4v) is 7.16. The minimum Gasteiger partial charge on any atom is -0.496 e. The zero-order valence-electron chi connectivity index (χ0n) is 25.3. The van der Waals surface area contributed by atoms with Gasteiger partial charge in [0, 0.05) is 18.7 Å². The maximum Gasteiger partial charge on any atom is 0.271 e. The SMILES string of the molecule is C=CCOc1c(Br)cc(/C=c2/sc3n(c2=O)[C@H](c2c(OC)ccc4ccccc24)C(C(=O)N(CC)CC)=C(C)N=3)cc1OC. The first-order valence-electron chi connectivity index (χ1n) is 14.3. The van der Waals surface area contributed by atoms with Crippen LogP contribution < -0.4 is 29.1 Å². The molecule has 2 heterocycles. The maximum absolute atomic E-state index is 14.4. The highest BCUT2D eigenvalue weighted by Gasteiger charge is 2.36. The molecule has 10 heteroatoms. The molecule has 4 aromatic rings. The van der Waals surface area contributed by atoms with Crippen LogP contribution in [0.3, 0.4) is 0 Å². The fraction of sp³-hybridized carbons (Fsp3) is 0.265. The lowest BCUT2D eigenvalue weighted by molar-refractivity contribution is -0.127. The lowest BCUT2D eigenvalue weighted by Gasteiger charge is -2.30. The number of hydrogen-bond acceptors (Lipinski definition) is 7. The van der Waals surface area contributed by atoms with Crippen LogP contribution in [-0.4, -0.2) is 49.3 Å². The van der Waals surface area contributed by atoms with E-state index in [4.69, 9.17) is 19.2 Å². The summed E-state index contributed by atoms with van der Waals surface area (Å²) in [5.41, 5.74) is 2.25. The number of benzene rings is 3. The molecule has 1 aliphatic heterocycles. The van der Waals surface area contributed by atoms with E-state index in [1.54, 1.807) is 35.8 Å². The minimum atomic E-state index is -0.751. The van der Waals surface area contributed by atoms with Crippen LogP contribution in [0.1, 0.15) is 37.9 Å². The van der Waals surface area contributed by atoms with E-state index in [2.05, 4.69) is 22.5 Å². The van der Waals surface area contributed by atoms with Gasteiger partial charge < -0.3 is 19.1 Å². The number of methoxy groups -OCH3 is 2. The molecular weight excluding hydrogens is 642 g/mol. The van der Waals surface area contributed by atoms with Crippen molar-refractivity contribution in [1.29, 1.82) is 0 Å². The number of ether oxygens (including phenoxy) is 3. The number of aromatic nitrogens is 1. The molecule has 0 radical (unpaired) electrons. The van der Waals surface area contributed by atoms with E-state index in [0.29, 0.717) is 62.0 Å². The number of carbonyl (C=O) groups excluding carboxylic acids is 1. The van der Waals surface area contributed by atoms with Crippen molar-refractivity contribution in [2.75, 3.05) is 33.9 Å². The number of hydrogen-bond donors (Lipinski definition) is 0. The molecule has 228 valence electrons. The van der Waals surface area contributed by atoms with Crippen molar-refractivity contribution in [3.05, 3.63) is 108 Å². The van der Waals surface area contributed by atoms with E-state index in [1.807, 2.05) is 69.3 Å². The first-order valence-corrected chi connectivity index (χ1v) is 15.9. The Balaban J connectivity index is 1.79. The first kappa shape index (κ1) is 31.3. The standard InChI is InChI=1S/C34H34BrN3O5S/c1-7-16-43-31-24(35)17-21(18-26(31)42-6)19-27-32(39)38-30(29-23-13-11-10-12-22(23)14-15-25(29)41-5)28(20(4)36-34(38)44-27)33(40)37(8-2)9-3/h7,10-15,17-19,30H,1,8-9,16H2,2-6H3/b27-19+/t30-/m0/s1. The van der Waals surface area contributed by atoms with Gasteiger partial charge in [0.1, 0.15) is 18.4 Å². The van der Waals surface area contributed by atoms with Gasteiger partial charge in [0.05, 0.1) is 34.5 Å². The average molecular weight is 677 g/mol. The van der Waals surface area contributed by atoms with Crippen LogP contribution in [0.5, 0.6) is 17.2 Å². The molecule has 0 bridgehead atoms. The van der Waals surface area contributed by atoms with Gasteiger partial charge in [-0.2, -0.15) is 0 Å². The largest absolute Gasteiger partial charge is 0.496 e. The highest BCUT2D eigenvalue weighted by molar-refractivity contribution is 9.10. The third-order valence-corrected chi connectivity index (χ3v) is 9.19. The van der Waals surface area contributed by atoms with Gasteiger partial charge in [-0.3, -0.25) is 14.2 Å². The van der Waals surface area contributed by atoms with E-state index in [-0.39, 0.29) is 11.5 Å². The normalized spacial score (nSPS) is 14.7. The number of halogens is 1. The molecular formula is C34H34BrN3O5S. The number of amides is 1. The van der Waals surface area contributed by atoms with Crippen LogP contribution in [0.15, 0.2) is 86.7 Å². The van der Waals surface area contributed by atoms with E-state index in [0.717, 1.165) is 21.9 Å². The van der Waals surface area contributed by atoms with Crippen LogP contribution in [0, 0.1) is 0 Å². The van der Waals surface area contributed by atoms with Crippen molar-refractivity contribution in [1.82, 2.24) is 9.47 Å². The Morgan fingerprint density at radius 2 is 1.84 bits per heavy atom. The monoisotopic (exact) mass is 675 g/mol. The first-order chi connectivity index (χ1) is 21.3. The van der Waals surface area contributed by atoms with Gasteiger partial charge in [0.2, 0.25) is 0 Å². The number of carbonyl (C=O) groups is 1. The van der Waals surface area contributed by atoms with Gasteiger partial charge in [0.15, 0.2) is 16.3 Å². The van der Waals surface area contributed by atoms with Crippen molar-refractivity contribution in [3.63, 3.8) is 0 Å². The van der Waals surface area contributed by atoms with Gasteiger partial charge in [0.25, 0.3) is 11.5 Å². The highest BCUT2D eigenvalue weighted by atomic mass is 79.9. The van der Waals surface area contributed by atoms with Crippen molar-refractivity contribution in [2.24, 2.45) is 4.99 Å². The number of rotatable bonds is 10. The summed E-state index contributed by atoms with van der Waals surface area (Å²) in [4.78, 5) is 35.6. The van der Waals surface area contributed by atoms with Crippen LogP contribution in [0.2, 0.25) is 0 Å². The van der Waals surface area contributed by atoms with E-state index < -0.39 is 6.04 Å². The summed E-state index contributed by atoms with van der Waals surface area (Å²) < 4.78 is 20.0. The van der Waals surface area contributed by atoms with Crippen molar-refractivity contribution in [3.8, 4) is 17.2 Å². The molecule has 5 rings (SSSR count). The molecule has 8 nitrogen and oxygen atoms in total. The Bertz CT molecular complexity index is 1970. The number of allylic oxidation sites excluding steroid dienone is 1. The average Bonchev–Trinajstić information content (AvgIpc) is 3.33. The van der Waals surface area contributed by atoms with Crippen molar-refractivity contribution >= 4 is 50.0 Å². The Labute approximate surface area is 268 Å². The Kier molecular flexibility index (Phi) is 9.41. The second-order valence-corrected chi connectivity index (χ2v) is 12.0. The summed E-state index contributed by atoms with van der Waals surface area (Å²) in [5, 5.41) is 1.88. The zero-order valence-corrected chi connectivity index (χ0v) is 27.8. The summed E-state index contributed by atoms with van der Waals surface area (Å²) >= 11 is 4.85. The van der Waals surface area contributed by atoms with Crippen LogP contribution in [0.4, 0.5) is 0 Å². The van der Waals surface area contributed by atoms with Crippen LogP contribution >= 0.6 is 27.3 Å². The molecule has 0 spiro atoms. The fourth-order valence-electron chi connectivity index (χ4n) is 5.54. The van der Waals surface area contributed by atoms with Crippen molar-refractivity contribution < 1.29 is 19.0 Å². The third kappa shape index (κ3) is 5.59. The molecule has 0 aliphatic carbocycles. The molecule has 44 heavy (non-hydrogen) atoms. The Hall–Kier alpha value is -4.15. The molecule has 1 atom stereocenters. The predicted octanol–water partition coefficient (Wildman–Crippen LogP) is 5.60. The van der Waals surface area contributed by atoms with E-state index in [1.165, 1.54) is 11.3 Å². The summed E-state index contributed by atoms with van der Waals surface area (Å²) in [5.74, 6) is 1.49. The maximum atomic E-state index is 14.4. The summed E-state index contributed by atoms with van der Waals surface area (Å²) in [6, 6.07) is 14.7. The van der Waals surface area contributed by atoms with Crippen LogP contribution in [0.25, 0.3) is 16.8 Å². The molecule has 1 aliphatic rings. The molecule has 1 aromatic heterocycles. The lowest BCUT2D eigenvalue weighted by atomic mass is 9.90. The van der Waals surface area contributed by atoms with Gasteiger partial charge in [-0.05, 0) is 77.3 Å². The number of fused-ring (bicyclic) bond motifs is 2. The quantitative estimate of drug-likeness (QED) is 0.205. The number of nitrogens with zero attached hydrogens (tertiary/aromatic N) is 3. The zero-order chi connectivity index (χ0) is 31.5. The Morgan fingerprint density at radius 1 is 1.11 bits per heavy atom. The Morgan fingerprint density at radius 3 is 2.52 bits per heavy atom. The highest BCUT2D eigenvalue weighted by Crippen LogP contribution is 2.41. The number of likely N-dealkylation sites (N-methyl/N-ethyl adjacent to an activating group) is 1. The third-order valence-electron chi connectivity index (χ3n) is 7.62. The summed E-state index contributed by atoms with van der Waals surface area (Å²) in [6.07, 6.45) is 3.46. The minimum absolute atomic E-state index is 0.158. The van der Waals surface area contributed by atoms with Crippen molar-refractivity contribution in [2.45, 2.75) is 26.8 Å². The van der Waals surface area contributed by atoms with E-state index >= 15 is 0 Å². The lowest BCUT2D eigenvalue weighted by Crippen LogP contribution is -2.43.